The fourth-order valence-corrected chi connectivity index (χ4v) is 4.25. The zero-order valence-corrected chi connectivity index (χ0v) is 20.6. The molecule has 3 rings (SSSR count). The van der Waals surface area contributed by atoms with Crippen molar-refractivity contribution in [3.8, 4) is 23.3 Å². The molecule has 0 radical (unpaired) electrons. The summed E-state index contributed by atoms with van der Waals surface area (Å²) in [4.78, 5) is 15.4. The molecule has 1 aliphatic rings. The first-order valence-corrected chi connectivity index (χ1v) is 12.0. The summed E-state index contributed by atoms with van der Waals surface area (Å²) in [5.41, 5.74) is 2.34. The Hall–Kier alpha value is -3.01. The zero-order chi connectivity index (χ0) is 24.2. The minimum Gasteiger partial charge on any atom is -0.493 e. The summed E-state index contributed by atoms with van der Waals surface area (Å²) < 4.78 is 16.7. The number of nitrogens with one attached hydrogen (secondary N) is 1. The van der Waals surface area contributed by atoms with Gasteiger partial charge in [0.05, 0.1) is 26.4 Å². The van der Waals surface area contributed by atoms with Crippen LogP contribution in [0.15, 0.2) is 42.5 Å². The Balaban J connectivity index is 1.57. The van der Waals surface area contributed by atoms with Gasteiger partial charge in [-0.3, -0.25) is 9.69 Å². The molecule has 1 saturated heterocycles. The van der Waals surface area contributed by atoms with Gasteiger partial charge in [0.1, 0.15) is 0 Å². The average molecular weight is 465 g/mol. The highest BCUT2D eigenvalue weighted by Gasteiger charge is 2.24. The smallest absolute Gasteiger partial charge is 0.255 e. The Morgan fingerprint density at radius 1 is 1.18 bits per heavy atom. The summed E-state index contributed by atoms with van der Waals surface area (Å²) in [5.74, 6) is 7.10. The summed E-state index contributed by atoms with van der Waals surface area (Å²) in [6, 6.07) is 14.1. The van der Waals surface area contributed by atoms with Crippen molar-refractivity contribution < 1.29 is 19.0 Å². The molecule has 0 aromatic heterocycles. The van der Waals surface area contributed by atoms with Crippen LogP contribution < -0.4 is 14.8 Å². The van der Waals surface area contributed by atoms with Crippen LogP contribution in [0.3, 0.4) is 0 Å². The van der Waals surface area contributed by atoms with Crippen molar-refractivity contribution in [3.63, 3.8) is 0 Å². The van der Waals surface area contributed by atoms with E-state index < -0.39 is 0 Å². The van der Waals surface area contributed by atoms with E-state index in [4.69, 9.17) is 14.2 Å². The van der Waals surface area contributed by atoms with Crippen molar-refractivity contribution >= 4 is 5.91 Å². The Morgan fingerprint density at radius 3 is 2.74 bits per heavy atom. The molecule has 2 aromatic rings. The van der Waals surface area contributed by atoms with Crippen LogP contribution >= 0.6 is 0 Å². The van der Waals surface area contributed by atoms with Crippen molar-refractivity contribution in [2.24, 2.45) is 0 Å². The van der Waals surface area contributed by atoms with Gasteiger partial charge in [-0.25, -0.2) is 0 Å². The van der Waals surface area contributed by atoms with Gasteiger partial charge in [0.2, 0.25) is 0 Å². The summed E-state index contributed by atoms with van der Waals surface area (Å²) in [6.07, 6.45) is 3.83. The number of unbranched alkanes of at least 4 members (excludes halogenated alkanes) is 1. The van der Waals surface area contributed by atoms with Gasteiger partial charge in [-0.15, -0.1) is 0 Å². The molecule has 1 N–H and O–H groups in total. The van der Waals surface area contributed by atoms with E-state index in [1.807, 2.05) is 24.3 Å². The number of carbonyl (C=O) groups excluding carboxylic acids is 1. The molecule has 6 nitrogen and oxygen atoms in total. The quantitative estimate of drug-likeness (QED) is 0.398. The molecular formula is C28H36N2O4. The van der Waals surface area contributed by atoms with E-state index in [-0.39, 0.29) is 5.91 Å². The maximum atomic E-state index is 13.0. The third-order valence-electron chi connectivity index (χ3n) is 6.06. The third-order valence-corrected chi connectivity index (χ3v) is 6.06. The first-order chi connectivity index (χ1) is 16.7. The number of likely N-dealkylation sites (N-methyl/N-ethyl adjacent to an activating group) is 1. The number of methoxy groups -OCH3 is 2. The van der Waals surface area contributed by atoms with Gasteiger partial charge in [-0.1, -0.05) is 49.1 Å². The molecule has 0 aliphatic carbocycles. The molecule has 1 amide bonds. The van der Waals surface area contributed by atoms with Gasteiger partial charge in [-0.05, 0) is 50.0 Å². The Morgan fingerprint density at radius 2 is 2.00 bits per heavy atom. The van der Waals surface area contributed by atoms with E-state index >= 15 is 0 Å². The standard InChI is InChI=1S/C28H36N2O4/c1-4-30-16-11-15-24(30)20-29-28(31)25-18-23(19-26(32-2)27(25)33-3)14-9-6-10-17-34-21-22-12-7-5-8-13-22/h5,7-8,12-13,18-19,24H,4,6,10-11,15-17,20-21H2,1-3H3,(H,29,31)/t24-/m0/s1. The summed E-state index contributed by atoms with van der Waals surface area (Å²) in [7, 11) is 3.11. The monoisotopic (exact) mass is 464 g/mol. The normalized spacial score (nSPS) is 15.4. The molecule has 1 heterocycles. The van der Waals surface area contributed by atoms with Crippen LogP contribution in [0.25, 0.3) is 0 Å². The third kappa shape index (κ3) is 7.24. The Kier molecular flexibility index (Phi) is 10.3. The van der Waals surface area contributed by atoms with Crippen LogP contribution in [0.1, 0.15) is 54.1 Å². The number of hydrogen-bond acceptors (Lipinski definition) is 5. The fourth-order valence-electron chi connectivity index (χ4n) is 4.25. The van der Waals surface area contributed by atoms with Gasteiger partial charge >= 0.3 is 0 Å². The molecule has 0 spiro atoms. The first kappa shape index (κ1) is 25.6. The van der Waals surface area contributed by atoms with E-state index in [1.165, 1.54) is 12.0 Å². The summed E-state index contributed by atoms with van der Waals surface area (Å²) >= 11 is 0. The number of hydrogen-bond donors (Lipinski definition) is 1. The highest BCUT2D eigenvalue weighted by Crippen LogP contribution is 2.32. The molecule has 0 saturated carbocycles. The lowest BCUT2D eigenvalue weighted by atomic mass is 10.1. The van der Waals surface area contributed by atoms with E-state index in [0.29, 0.717) is 49.3 Å². The number of benzene rings is 2. The van der Waals surface area contributed by atoms with Crippen LogP contribution in [0.2, 0.25) is 0 Å². The Bertz CT molecular complexity index is 981. The molecule has 0 unspecified atom stereocenters. The van der Waals surface area contributed by atoms with Crippen molar-refractivity contribution in [2.75, 3.05) is 40.5 Å². The molecule has 1 aliphatic heterocycles. The zero-order valence-electron chi connectivity index (χ0n) is 20.6. The second-order valence-corrected chi connectivity index (χ2v) is 8.34. The molecule has 34 heavy (non-hydrogen) atoms. The predicted molar refractivity (Wildman–Crippen MR) is 134 cm³/mol. The molecule has 1 fully saturated rings. The SMILES string of the molecule is CCN1CCC[C@H]1CNC(=O)c1cc(C#CCCCOCc2ccccc2)cc(OC)c1OC. The second kappa shape index (κ2) is 13.6. The number of nitrogens with zero attached hydrogens (tertiary/aromatic N) is 1. The van der Waals surface area contributed by atoms with Gasteiger partial charge in [0, 0.05) is 31.2 Å². The number of likely N-dealkylation sites (tertiary alicyclic amines) is 1. The van der Waals surface area contributed by atoms with Crippen molar-refractivity contribution in [2.45, 2.75) is 45.3 Å². The van der Waals surface area contributed by atoms with Gasteiger partial charge < -0.3 is 19.5 Å². The lowest BCUT2D eigenvalue weighted by Crippen LogP contribution is -2.40. The molecule has 182 valence electrons. The highest BCUT2D eigenvalue weighted by atomic mass is 16.5. The summed E-state index contributed by atoms with van der Waals surface area (Å²) in [6.45, 7) is 6.14. The minimum atomic E-state index is -0.170. The van der Waals surface area contributed by atoms with E-state index in [2.05, 4.69) is 41.1 Å². The number of carbonyl (C=O) groups is 1. The largest absolute Gasteiger partial charge is 0.493 e. The molecule has 6 heteroatoms. The van der Waals surface area contributed by atoms with Crippen molar-refractivity contribution in [1.29, 1.82) is 0 Å². The average Bonchev–Trinajstić information content (AvgIpc) is 3.34. The lowest BCUT2D eigenvalue weighted by molar-refractivity contribution is 0.0937. The Labute approximate surface area is 203 Å². The highest BCUT2D eigenvalue weighted by molar-refractivity contribution is 5.98. The van der Waals surface area contributed by atoms with Crippen LogP contribution in [0, 0.1) is 11.8 Å². The molecule has 1 atom stereocenters. The summed E-state index contributed by atoms with van der Waals surface area (Å²) in [5, 5.41) is 3.08. The first-order valence-electron chi connectivity index (χ1n) is 12.0. The maximum Gasteiger partial charge on any atom is 0.255 e. The van der Waals surface area contributed by atoms with Gasteiger partial charge in [-0.2, -0.15) is 0 Å². The fraction of sp³-hybridized carbons (Fsp3) is 0.464. The van der Waals surface area contributed by atoms with Crippen LogP contribution in [0.5, 0.6) is 11.5 Å². The van der Waals surface area contributed by atoms with Crippen LogP contribution in [0.4, 0.5) is 0 Å². The molecular weight excluding hydrogens is 428 g/mol. The number of ether oxygens (including phenoxy) is 3. The second-order valence-electron chi connectivity index (χ2n) is 8.34. The minimum absolute atomic E-state index is 0.170. The van der Waals surface area contributed by atoms with E-state index in [0.717, 1.165) is 31.5 Å². The topological polar surface area (TPSA) is 60.0 Å². The molecule has 0 bridgehead atoms. The lowest BCUT2D eigenvalue weighted by Gasteiger charge is -2.23. The maximum absolute atomic E-state index is 13.0. The van der Waals surface area contributed by atoms with Gasteiger partial charge in [0.15, 0.2) is 11.5 Å². The van der Waals surface area contributed by atoms with Crippen LogP contribution in [-0.4, -0.2) is 57.3 Å². The van der Waals surface area contributed by atoms with Crippen LogP contribution in [-0.2, 0) is 11.3 Å². The molecule has 2 aromatic carbocycles. The predicted octanol–water partition coefficient (Wildman–Crippen LogP) is 4.27. The van der Waals surface area contributed by atoms with Gasteiger partial charge in [0.25, 0.3) is 5.91 Å². The number of amides is 1. The van der Waals surface area contributed by atoms with E-state index in [1.54, 1.807) is 20.3 Å². The van der Waals surface area contributed by atoms with Crippen molar-refractivity contribution in [3.05, 3.63) is 59.2 Å². The van der Waals surface area contributed by atoms with Crippen molar-refractivity contribution in [1.82, 2.24) is 10.2 Å². The van der Waals surface area contributed by atoms with E-state index in [9.17, 15) is 4.79 Å². The number of rotatable bonds is 11.